The Kier molecular flexibility index (Phi) is 5.93. The fraction of sp³-hybridized carbons (Fsp3) is 0.273. The summed E-state index contributed by atoms with van der Waals surface area (Å²) in [5, 5.41) is 1.74. The monoisotopic (exact) mass is 446 g/mol. The van der Waals surface area contributed by atoms with Gasteiger partial charge in [0.2, 0.25) is 0 Å². The first kappa shape index (κ1) is 20.3. The summed E-state index contributed by atoms with van der Waals surface area (Å²) in [6, 6.07) is 20.3. The number of hydrogen-bond donors (Lipinski definition) is 2. The summed E-state index contributed by atoms with van der Waals surface area (Å²) in [6.07, 6.45) is 0.767. The highest BCUT2D eigenvalue weighted by atomic mass is 79.9. The normalized spacial score (nSPS) is 12.5. The maximum absolute atomic E-state index is 12.5. The molecule has 142 valence electrons. The van der Waals surface area contributed by atoms with Crippen molar-refractivity contribution in [3.8, 4) is 11.1 Å². The summed E-state index contributed by atoms with van der Waals surface area (Å²) < 4.78 is 12.5. The number of halogens is 1. The molecule has 0 unspecified atom stereocenters. The molecule has 0 radical (unpaired) electrons. The van der Waals surface area contributed by atoms with Crippen LogP contribution >= 0.6 is 23.5 Å². The van der Waals surface area contributed by atoms with E-state index in [-0.39, 0.29) is 0 Å². The fourth-order valence-electron chi connectivity index (χ4n) is 3.91. The first-order chi connectivity index (χ1) is 12.9. The molecule has 3 aromatic carbocycles. The van der Waals surface area contributed by atoms with Crippen molar-refractivity contribution in [3.63, 3.8) is 0 Å². The lowest BCUT2D eigenvalue weighted by Crippen LogP contribution is -2.24. The maximum atomic E-state index is 12.5. The second-order valence-electron chi connectivity index (χ2n) is 6.86. The lowest BCUT2D eigenvalue weighted by molar-refractivity contribution is 0.315. The Morgan fingerprint density at radius 1 is 0.963 bits per heavy atom. The molecule has 0 fully saturated rings. The topological polar surface area (TPSA) is 57.5 Å². The Morgan fingerprint density at radius 2 is 1.63 bits per heavy atom. The van der Waals surface area contributed by atoms with Crippen LogP contribution in [0.4, 0.5) is 0 Å². The number of fused-ring (bicyclic) bond motifs is 1. The van der Waals surface area contributed by atoms with Crippen molar-refractivity contribution in [1.82, 2.24) is 0 Å². The van der Waals surface area contributed by atoms with Gasteiger partial charge in [0, 0.05) is 5.33 Å². The smallest absolute Gasteiger partial charge is 0.324 e. The summed E-state index contributed by atoms with van der Waals surface area (Å²) in [6.45, 7) is 3.70. The maximum Gasteiger partial charge on any atom is 0.335 e. The van der Waals surface area contributed by atoms with Gasteiger partial charge in [0.1, 0.15) is 0 Å². The van der Waals surface area contributed by atoms with E-state index in [1.807, 2.05) is 44.2 Å². The summed E-state index contributed by atoms with van der Waals surface area (Å²) >= 11 is 3.52. The quantitative estimate of drug-likeness (QED) is 0.331. The molecule has 3 rings (SSSR count). The molecule has 2 N–H and O–H groups in total. The van der Waals surface area contributed by atoms with Gasteiger partial charge in [-0.05, 0) is 51.9 Å². The van der Waals surface area contributed by atoms with E-state index >= 15 is 0 Å². The third kappa shape index (κ3) is 3.64. The van der Waals surface area contributed by atoms with Crippen LogP contribution in [-0.4, -0.2) is 9.79 Å². The van der Waals surface area contributed by atoms with Crippen molar-refractivity contribution in [2.45, 2.75) is 37.2 Å². The third-order valence-corrected chi connectivity index (χ3v) is 8.17. The van der Waals surface area contributed by atoms with Crippen LogP contribution in [-0.2, 0) is 15.1 Å². The van der Waals surface area contributed by atoms with Gasteiger partial charge < -0.3 is 9.79 Å². The van der Waals surface area contributed by atoms with E-state index in [2.05, 4.69) is 46.3 Å². The van der Waals surface area contributed by atoms with E-state index in [9.17, 15) is 14.4 Å². The molecule has 0 aliphatic rings. The highest BCUT2D eigenvalue weighted by molar-refractivity contribution is 9.08. The highest BCUT2D eigenvalue weighted by Crippen LogP contribution is 2.61. The summed E-state index contributed by atoms with van der Waals surface area (Å²) in [7, 11) is -4.33. The van der Waals surface area contributed by atoms with E-state index in [0.717, 1.165) is 27.5 Å². The second kappa shape index (κ2) is 7.89. The van der Waals surface area contributed by atoms with Crippen LogP contribution in [0.15, 0.2) is 60.7 Å². The van der Waals surface area contributed by atoms with Crippen molar-refractivity contribution in [2.75, 3.05) is 0 Å². The molecule has 3 aromatic rings. The second-order valence-corrected chi connectivity index (χ2v) is 9.37. The van der Waals surface area contributed by atoms with Crippen molar-refractivity contribution in [3.05, 3.63) is 71.8 Å². The summed E-state index contributed by atoms with van der Waals surface area (Å²) in [4.78, 5) is 20.4. The molecular formula is C22H24BrO3P. The summed E-state index contributed by atoms with van der Waals surface area (Å²) in [5.41, 5.74) is 3.78. The fourth-order valence-corrected chi connectivity index (χ4v) is 5.52. The molecule has 0 aromatic heterocycles. The molecule has 0 aliphatic carbocycles. The number of rotatable bonds is 6. The van der Waals surface area contributed by atoms with E-state index in [4.69, 9.17) is 0 Å². The van der Waals surface area contributed by atoms with Gasteiger partial charge in [-0.15, -0.1) is 0 Å². The zero-order valence-electron chi connectivity index (χ0n) is 15.5. The van der Waals surface area contributed by atoms with Gasteiger partial charge in [-0.25, -0.2) is 0 Å². The van der Waals surface area contributed by atoms with Gasteiger partial charge in [0.25, 0.3) is 0 Å². The minimum Gasteiger partial charge on any atom is -0.324 e. The number of hydrogen-bond acceptors (Lipinski definition) is 1. The van der Waals surface area contributed by atoms with Gasteiger partial charge in [-0.1, -0.05) is 84.4 Å². The van der Waals surface area contributed by atoms with Gasteiger partial charge >= 0.3 is 7.60 Å². The van der Waals surface area contributed by atoms with Crippen molar-refractivity contribution < 1.29 is 14.4 Å². The zero-order valence-corrected chi connectivity index (χ0v) is 18.0. The Hall–Kier alpha value is -1.45. The SMILES string of the molecule is CCC(CC)(c1cc(CBr)cc(-c2cccc3ccccc23)c1)P(=O)(O)O. The molecule has 0 saturated carbocycles. The molecule has 0 heterocycles. The molecule has 0 bridgehead atoms. The first-order valence-electron chi connectivity index (χ1n) is 9.10. The van der Waals surface area contributed by atoms with Crippen LogP contribution in [0.2, 0.25) is 0 Å². The van der Waals surface area contributed by atoms with Crippen LogP contribution in [0.25, 0.3) is 21.9 Å². The predicted octanol–water partition coefficient (Wildman–Crippen LogP) is 6.59. The van der Waals surface area contributed by atoms with E-state index in [1.165, 1.54) is 0 Å². The molecule has 0 atom stereocenters. The van der Waals surface area contributed by atoms with Crippen LogP contribution in [0, 0.1) is 0 Å². The Labute approximate surface area is 168 Å². The minimum atomic E-state index is -4.33. The Bertz CT molecular complexity index is 1000. The Balaban J connectivity index is 2.30. The molecular weight excluding hydrogens is 423 g/mol. The predicted molar refractivity (Wildman–Crippen MR) is 116 cm³/mol. The first-order valence-corrected chi connectivity index (χ1v) is 11.8. The zero-order chi connectivity index (χ0) is 19.7. The largest absolute Gasteiger partial charge is 0.335 e. The minimum absolute atomic E-state index is 0.383. The van der Waals surface area contributed by atoms with Gasteiger partial charge in [0.05, 0.1) is 5.16 Å². The van der Waals surface area contributed by atoms with Crippen LogP contribution in [0.5, 0.6) is 0 Å². The van der Waals surface area contributed by atoms with E-state index in [0.29, 0.717) is 23.7 Å². The van der Waals surface area contributed by atoms with Crippen LogP contribution in [0.1, 0.15) is 37.8 Å². The van der Waals surface area contributed by atoms with Crippen molar-refractivity contribution >= 4 is 34.3 Å². The van der Waals surface area contributed by atoms with E-state index < -0.39 is 12.8 Å². The Morgan fingerprint density at radius 3 is 2.26 bits per heavy atom. The highest BCUT2D eigenvalue weighted by Gasteiger charge is 2.45. The average Bonchev–Trinajstić information content (AvgIpc) is 2.67. The molecule has 0 aliphatic heterocycles. The lowest BCUT2D eigenvalue weighted by atomic mass is 9.88. The summed E-state index contributed by atoms with van der Waals surface area (Å²) in [5.74, 6) is 0. The average molecular weight is 447 g/mol. The van der Waals surface area contributed by atoms with Gasteiger partial charge in [-0.3, -0.25) is 4.57 Å². The van der Waals surface area contributed by atoms with Crippen LogP contribution < -0.4 is 0 Å². The molecule has 0 spiro atoms. The van der Waals surface area contributed by atoms with Crippen molar-refractivity contribution in [2.24, 2.45) is 0 Å². The molecule has 5 heteroatoms. The lowest BCUT2D eigenvalue weighted by Gasteiger charge is -2.33. The van der Waals surface area contributed by atoms with E-state index in [1.54, 1.807) is 0 Å². The van der Waals surface area contributed by atoms with Crippen molar-refractivity contribution in [1.29, 1.82) is 0 Å². The number of benzene rings is 3. The van der Waals surface area contributed by atoms with Gasteiger partial charge in [-0.2, -0.15) is 0 Å². The van der Waals surface area contributed by atoms with Gasteiger partial charge in [0.15, 0.2) is 0 Å². The molecule has 3 nitrogen and oxygen atoms in total. The molecule has 0 saturated heterocycles. The third-order valence-electron chi connectivity index (χ3n) is 5.51. The van der Waals surface area contributed by atoms with Crippen LogP contribution in [0.3, 0.4) is 0 Å². The molecule has 0 amide bonds. The number of alkyl halides is 1. The molecule has 27 heavy (non-hydrogen) atoms. The standard InChI is InChI=1S/C22H24BrO3P/c1-3-22(4-2,27(24,25)26)19-13-16(15-23)12-18(14-19)21-11-7-9-17-8-5-6-10-20(17)21/h5-14H,3-4,15H2,1-2H3,(H2,24,25,26).